The second-order valence-electron chi connectivity index (χ2n) is 5.40. The van der Waals surface area contributed by atoms with Crippen molar-refractivity contribution in [2.24, 2.45) is 7.05 Å². The zero-order valence-electron chi connectivity index (χ0n) is 12.7. The molecular weight excluding hydrogens is 305 g/mol. The Bertz CT molecular complexity index is 728. The summed E-state index contributed by atoms with van der Waals surface area (Å²) in [5.74, 6) is -0.501. The van der Waals surface area contributed by atoms with E-state index < -0.39 is 16.0 Å². The summed E-state index contributed by atoms with van der Waals surface area (Å²) in [6.07, 6.45) is 3.60. The number of rotatable bonds is 7. The molecule has 7 heteroatoms. The van der Waals surface area contributed by atoms with Crippen molar-refractivity contribution in [3.8, 4) is 0 Å². The molecule has 22 heavy (non-hydrogen) atoms. The Labute approximate surface area is 130 Å². The van der Waals surface area contributed by atoms with E-state index in [0.717, 1.165) is 16.7 Å². The lowest BCUT2D eigenvalue weighted by molar-refractivity contribution is 0.270. The van der Waals surface area contributed by atoms with Crippen LogP contribution >= 0.6 is 0 Å². The second kappa shape index (κ2) is 7.02. The van der Waals surface area contributed by atoms with Crippen LogP contribution in [0.3, 0.4) is 0 Å². The molecule has 0 fully saturated rings. The maximum absolute atomic E-state index is 12.8. The molecule has 0 atom stereocenters. The molecule has 0 N–H and O–H groups in total. The van der Waals surface area contributed by atoms with E-state index in [2.05, 4.69) is 5.10 Å². The lowest BCUT2D eigenvalue weighted by Crippen LogP contribution is -2.28. The van der Waals surface area contributed by atoms with Crippen LogP contribution in [0.1, 0.15) is 16.7 Å². The molecule has 0 aliphatic heterocycles. The molecule has 0 amide bonds. The van der Waals surface area contributed by atoms with Crippen LogP contribution in [0.2, 0.25) is 0 Å². The van der Waals surface area contributed by atoms with Crippen molar-refractivity contribution in [1.29, 1.82) is 0 Å². The van der Waals surface area contributed by atoms with Crippen molar-refractivity contribution in [2.45, 2.75) is 20.0 Å². The first-order valence-corrected chi connectivity index (χ1v) is 8.55. The lowest BCUT2D eigenvalue weighted by Gasteiger charge is -2.22. The highest BCUT2D eigenvalue weighted by atomic mass is 32.3. The fourth-order valence-corrected chi connectivity index (χ4v) is 2.77. The van der Waals surface area contributed by atoms with E-state index in [1.54, 1.807) is 10.9 Å². The van der Waals surface area contributed by atoms with Crippen molar-refractivity contribution >= 4 is 10.2 Å². The van der Waals surface area contributed by atoms with E-state index in [9.17, 15) is 12.3 Å². The van der Waals surface area contributed by atoms with Crippen LogP contribution in [0.5, 0.6) is 0 Å². The monoisotopic (exact) mass is 325 g/mol. The SMILES string of the molecule is Cc1ccccc1CN(CCS(=O)(=O)F)Cc1cnn(C)c1. The van der Waals surface area contributed by atoms with Crippen LogP contribution in [0, 0.1) is 6.92 Å². The highest BCUT2D eigenvalue weighted by Gasteiger charge is 2.14. The summed E-state index contributed by atoms with van der Waals surface area (Å²) in [5, 5.41) is 4.10. The van der Waals surface area contributed by atoms with Crippen LogP contribution in [-0.2, 0) is 30.4 Å². The van der Waals surface area contributed by atoms with Gasteiger partial charge in [-0.1, -0.05) is 24.3 Å². The number of aryl methyl sites for hydroxylation is 2. The summed E-state index contributed by atoms with van der Waals surface area (Å²) < 4.78 is 36.1. The first-order chi connectivity index (χ1) is 10.3. The smallest absolute Gasteiger partial charge is 0.294 e. The van der Waals surface area contributed by atoms with Gasteiger partial charge in [0, 0.05) is 38.4 Å². The standard InChI is InChI=1S/C15H20FN3O2S/c1-13-5-3-4-6-15(13)12-19(7-8-22(16,20)21)11-14-9-17-18(2)10-14/h3-6,9-10H,7-8,11-12H2,1-2H3. The molecule has 2 rings (SSSR count). The zero-order chi connectivity index (χ0) is 16.2. The van der Waals surface area contributed by atoms with Gasteiger partial charge in [-0.2, -0.15) is 13.5 Å². The fourth-order valence-electron chi connectivity index (χ4n) is 2.29. The van der Waals surface area contributed by atoms with E-state index in [1.165, 1.54) is 0 Å². The van der Waals surface area contributed by atoms with Gasteiger partial charge in [-0.15, -0.1) is 3.89 Å². The van der Waals surface area contributed by atoms with Crippen molar-refractivity contribution in [3.05, 3.63) is 53.3 Å². The first kappa shape index (κ1) is 16.6. The first-order valence-electron chi connectivity index (χ1n) is 7.00. The molecule has 0 bridgehead atoms. The molecule has 120 valence electrons. The normalized spacial score (nSPS) is 12.0. The van der Waals surface area contributed by atoms with Crippen LogP contribution in [-0.4, -0.2) is 35.4 Å². The second-order valence-corrected chi connectivity index (χ2v) is 6.89. The number of aromatic nitrogens is 2. The Morgan fingerprint density at radius 2 is 2.00 bits per heavy atom. The average Bonchev–Trinajstić information content (AvgIpc) is 2.83. The molecular formula is C15H20FN3O2S. The Morgan fingerprint density at radius 1 is 1.27 bits per heavy atom. The summed E-state index contributed by atoms with van der Waals surface area (Å²) in [5.41, 5.74) is 3.19. The Kier molecular flexibility index (Phi) is 5.31. The topological polar surface area (TPSA) is 55.2 Å². The van der Waals surface area contributed by atoms with Gasteiger partial charge >= 0.3 is 10.2 Å². The summed E-state index contributed by atoms with van der Waals surface area (Å²) in [6, 6.07) is 7.89. The van der Waals surface area contributed by atoms with Gasteiger partial charge in [-0.3, -0.25) is 9.58 Å². The van der Waals surface area contributed by atoms with Crippen molar-refractivity contribution < 1.29 is 12.3 Å². The molecule has 0 spiro atoms. The minimum absolute atomic E-state index is 0.141. The van der Waals surface area contributed by atoms with Gasteiger partial charge < -0.3 is 0 Å². The maximum Gasteiger partial charge on any atom is 0.303 e. The number of hydrogen-bond donors (Lipinski definition) is 0. The number of nitrogens with zero attached hydrogens (tertiary/aromatic N) is 3. The van der Waals surface area contributed by atoms with E-state index in [4.69, 9.17) is 0 Å². The molecule has 0 aliphatic carbocycles. The Morgan fingerprint density at radius 3 is 2.59 bits per heavy atom. The van der Waals surface area contributed by atoms with E-state index in [0.29, 0.717) is 13.1 Å². The van der Waals surface area contributed by atoms with Gasteiger partial charge in [0.1, 0.15) is 0 Å². The van der Waals surface area contributed by atoms with Crippen LogP contribution in [0.4, 0.5) is 3.89 Å². The maximum atomic E-state index is 12.8. The summed E-state index contributed by atoms with van der Waals surface area (Å²) >= 11 is 0. The lowest BCUT2D eigenvalue weighted by atomic mass is 10.1. The highest BCUT2D eigenvalue weighted by molar-refractivity contribution is 7.86. The molecule has 5 nitrogen and oxygen atoms in total. The number of hydrogen-bond acceptors (Lipinski definition) is 4. The van der Waals surface area contributed by atoms with Crippen molar-refractivity contribution in [3.63, 3.8) is 0 Å². The van der Waals surface area contributed by atoms with Gasteiger partial charge in [0.2, 0.25) is 0 Å². The largest absolute Gasteiger partial charge is 0.303 e. The van der Waals surface area contributed by atoms with Gasteiger partial charge in [0.05, 0.1) is 11.9 Å². The predicted octanol–water partition coefficient (Wildman–Crippen LogP) is 2.03. The molecule has 0 saturated carbocycles. The van der Waals surface area contributed by atoms with Crippen LogP contribution in [0.15, 0.2) is 36.7 Å². The average molecular weight is 325 g/mol. The fraction of sp³-hybridized carbons (Fsp3) is 0.400. The third kappa shape index (κ3) is 5.23. The molecule has 0 aliphatic rings. The van der Waals surface area contributed by atoms with E-state index in [-0.39, 0.29) is 6.54 Å². The number of halogens is 1. The predicted molar refractivity (Wildman–Crippen MR) is 83.4 cm³/mol. The zero-order valence-corrected chi connectivity index (χ0v) is 13.6. The molecule has 1 aromatic heterocycles. The molecule has 0 unspecified atom stereocenters. The molecule has 2 aromatic rings. The Balaban J connectivity index is 2.11. The minimum Gasteiger partial charge on any atom is -0.294 e. The van der Waals surface area contributed by atoms with E-state index >= 15 is 0 Å². The Hall–Kier alpha value is -1.73. The van der Waals surface area contributed by atoms with Crippen LogP contribution in [0.25, 0.3) is 0 Å². The summed E-state index contributed by atoms with van der Waals surface area (Å²) in [4.78, 5) is 1.91. The quantitative estimate of drug-likeness (QED) is 0.731. The van der Waals surface area contributed by atoms with Gasteiger partial charge in [-0.25, -0.2) is 0 Å². The molecule has 1 heterocycles. The third-order valence-electron chi connectivity index (χ3n) is 3.47. The molecule has 1 aromatic carbocycles. The third-order valence-corrected chi connectivity index (χ3v) is 4.14. The molecule has 0 saturated heterocycles. The van der Waals surface area contributed by atoms with Gasteiger partial charge in [0.15, 0.2) is 0 Å². The highest BCUT2D eigenvalue weighted by Crippen LogP contribution is 2.13. The van der Waals surface area contributed by atoms with Gasteiger partial charge in [-0.05, 0) is 18.1 Å². The van der Waals surface area contributed by atoms with Crippen molar-refractivity contribution in [2.75, 3.05) is 12.3 Å². The minimum atomic E-state index is -4.47. The molecule has 0 radical (unpaired) electrons. The number of benzene rings is 1. The van der Waals surface area contributed by atoms with Crippen molar-refractivity contribution in [1.82, 2.24) is 14.7 Å². The summed E-state index contributed by atoms with van der Waals surface area (Å²) in [7, 11) is -2.65. The van der Waals surface area contributed by atoms with E-state index in [1.807, 2.05) is 49.3 Å². The van der Waals surface area contributed by atoms with Gasteiger partial charge in [0.25, 0.3) is 0 Å². The summed E-state index contributed by atoms with van der Waals surface area (Å²) in [6.45, 7) is 3.24. The van der Waals surface area contributed by atoms with Crippen LogP contribution < -0.4 is 0 Å².